The standard InChI is InChI=1S/C42H68O13/c1-20(2)21-10-15-42(37(51)55-36-33(50)31(48)34(24(19-44)53-36)54-35-32(49)30(47)29(46)23(18-43)52-35)17-16-40(6)22(28(21)42)8-9-26-39(5)13-12-27(45)38(3,4)25(39)11-14-41(26,40)7/h21-36,43-50H,1,8-19H2,2-7H3/t21-,22+,23+,24+,25-,26+,27-,28+,29-,30-,31+,32+,33+,34+,35-,36-,39-,40+,41+,42-/m0/s1. The number of hydrogen-bond donors (Lipinski definition) is 8. The molecular formula is C42H68O13. The first-order chi connectivity index (χ1) is 25.7. The van der Waals surface area contributed by atoms with E-state index in [1.54, 1.807) is 0 Å². The highest BCUT2D eigenvalue weighted by Gasteiger charge is 2.72. The quantitative estimate of drug-likeness (QED) is 0.138. The monoisotopic (exact) mass is 780 g/mol. The summed E-state index contributed by atoms with van der Waals surface area (Å²) in [5.74, 6) is 0.748. The molecule has 2 heterocycles. The Morgan fingerprint density at radius 3 is 2.00 bits per heavy atom. The molecule has 0 radical (unpaired) electrons. The second-order valence-electron chi connectivity index (χ2n) is 20.1. The number of aliphatic hydroxyl groups is 8. The van der Waals surface area contributed by atoms with Gasteiger partial charge in [0.05, 0.1) is 24.7 Å². The highest BCUT2D eigenvalue weighted by atomic mass is 16.7. The fourth-order valence-electron chi connectivity index (χ4n) is 14.4. The zero-order valence-corrected chi connectivity index (χ0v) is 33.5. The van der Waals surface area contributed by atoms with Gasteiger partial charge < -0.3 is 59.8 Å². The molecule has 5 aliphatic carbocycles. The van der Waals surface area contributed by atoms with Gasteiger partial charge in [-0.2, -0.15) is 0 Å². The number of esters is 1. The fourth-order valence-corrected chi connectivity index (χ4v) is 14.4. The number of fused-ring (bicyclic) bond motifs is 7. The van der Waals surface area contributed by atoms with E-state index in [0.717, 1.165) is 56.9 Å². The average molecular weight is 781 g/mol. The minimum atomic E-state index is -1.80. The van der Waals surface area contributed by atoms with E-state index in [-0.39, 0.29) is 45.5 Å². The molecule has 8 N–H and O–H groups in total. The highest BCUT2D eigenvalue weighted by Crippen LogP contribution is 2.77. The molecule has 5 saturated carbocycles. The molecule has 7 rings (SSSR count). The molecule has 7 fully saturated rings. The summed E-state index contributed by atoms with van der Waals surface area (Å²) in [4.78, 5) is 14.8. The maximum absolute atomic E-state index is 14.8. The first kappa shape index (κ1) is 41.9. The van der Waals surface area contributed by atoms with Crippen molar-refractivity contribution >= 4 is 5.97 Å². The lowest BCUT2D eigenvalue weighted by Crippen LogP contribution is -2.67. The highest BCUT2D eigenvalue weighted by molar-refractivity contribution is 5.78. The van der Waals surface area contributed by atoms with Crippen LogP contribution in [0.5, 0.6) is 0 Å². The second-order valence-corrected chi connectivity index (χ2v) is 20.1. The summed E-state index contributed by atoms with van der Waals surface area (Å²) >= 11 is 0. The molecule has 2 aliphatic heterocycles. The third-order valence-electron chi connectivity index (χ3n) is 17.6. The van der Waals surface area contributed by atoms with E-state index in [2.05, 4.69) is 48.1 Å². The number of ether oxygens (including phenoxy) is 4. The van der Waals surface area contributed by atoms with E-state index in [0.29, 0.717) is 24.7 Å². The minimum absolute atomic E-state index is 0.0364. The van der Waals surface area contributed by atoms with Crippen LogP contribution in [0.4, 0.5) is 0 Å². The molecule has 7 aliphatic rings. The fraction of sp³-hybridized carbons (Fsp3) is 0.929. The van der Waals surface area contributed by atoms with E-state index in [4.69, 9.17) is 18.9 Å². The molecule has 2 saturated heterocycles. The van der Waals surface area contributed by atoms with Gasteiger partial charge in [-0.25, -0.2) is 0 Å². The molecule has 55 heavy (non-hydrogen) atoms. The SMILES string of the molecule is C=C(C)[C@@H]1CC[C@]2(C(=O)O[C@@H]3O[C@H](CO)[C@@H](O[C@@H]4O[C@H](CO)[C@H](O)[C@H](O)[C@H]4O)[C@H](O)[C@H]3O)CC[C@]3(C)[C@H](CC[C@@H]4[C@@]5(C)CC[C@H](O)C(C)(C)[C@@H]5CC[C@]43C)[C@@H]12. The smallest absolute Gasteiger partial charge is 0.314 e. The van der Waals surface area contributed by atoms with Gasteiger partial charge in [0.2, 0.25) is 6.29 Å². The lowest BCUT2D eigenvalue weighted by molar-refractivity contribution is -0.356. The Bertz CT molecular complexity index is 1450. The summed E-state index contributed by atoms with van der Waals surface area (Å²) in [6.45, 7) is 17.1. The molecular weight excluding hydrogens is 712 g/mol. The molecule has 13 heteroatoms. The van der Waals surface area contributed by atoms with Crippen molar-refractivity contribution < 1.29 is 64.6 Å². The average Bonchev–Trinajstić information content (AvgIpc) is 3.55. The van der Waals surface area contributed by atoms with Gasteiger partial charge in [0, 0.05) is 0 Å². The van der Waals surface area contributed by atoms with E-state index in [9.17, 15) is 45.6 Å². The van der Waals surface area contributed by atoms with Gasteiger partial charge in [0.1, 0.15) is 48.8 Å². The van der Waals surface area contributed by atoms with Crippen LogP contribution in [0.25, 0.3) is 0 Å². The van der Waals surface area contributed by atoms with Gasteiger partial charge in [0.15, 0.2) is 6.29 Å². The van der Waals surface area contributed by atoms with Crippen LogP contribution < -0.4 is 0 Å². The molecule has 0 unspecified atom stereocenters. The van der Waals surface area contributed by atoms with Crippen LogP contribution >= 0.6 is 0 Å². The Balaban J connectivity index is 1.12. The summed E-state index contributed by atoms with van der Waals surface area (Å²) in [7, 11) is 0. The third-order valence-corrected chi connectivity index (χ3v) is 17.6. The van der Waals surface area contributed by atoms with E-state index < -0.39 is 86.0 Å². The van der Waals surface area contributed by atoms with Crippen molar-refractivity contribution in [3.63, 3.8) is 0 Å². The van der Waals surface area contributed by atoms with Crippen molar-refractivity contribution in [2.45, 2.75) is 173 Å². The Kier molecular flexibility index (Phi) is 11.0. The Morgan fingerprint density at radius 2 is 1.35 bits per heavy atom. The zero-order valence-electron chi connectivity index (χ0n) is 33.5. The maximum Gasteiger partial charge on any atom is 0.314 e. The van der Waals surface area contributed by atoms with Gasteiger partial charge in [-0.05, 0) is 122 Å². The molecule has 0 aromatic carbocycles. The van der Waals surface area contributed by atoms with E-state index in [1.807, 2.05) is 0 Å². The predicted octanol–water partition coefficient (Wildman–Crippen LogP) is 2.17. The first-order valence-corrected chi connectivity index (χ1v) is 20.9. The number of aliphatic hydroxyl groups excluding tert-OH is 8. The molecule has 0 spiro atoms. The number of allylic oxidation sites excluding steroid dienone is 1. The Morgan fingerprint density at radius 1 is 0.691 bits per heavy atom. The van der Waals surface area contributed by atoms with Gasteiger partial charge in [-0.1, -0.05) is 46.8 Å². The van der Waals surface area contributed by atoms with Crippen molar-refractivity contribution in [1.82, 2.24) is 0 Å². The molecule has 0 aromatic rings. The molecule has 314 valence electrons. The van der Waals surface area contributed by atoms with Crippen molar-refractivity contribution in [1.29, 1.82) is 0 Å². The van der Waals surface area contributed by atoms with Crippen LogP contribution in [0.15, 0.2) is 12.2 Å². The summed E-state index contributed by atoms with van der Waals surface area (Å²) in [6, 6.07) is 0. The summed E-state index contributed by atoms with van der Waals surface area (Å²) in [5, 5.41) is 84.5. The number of hydrogen-bond acceptors (Lipinski definition) is 13. The zero-order chi connectivity index (χ0) is 40.2. The molecule has 0 bridgehead atoms. The van der Waals surface area contributed by atoms with Crippen molar-refractivity contribution in [2.24, 2.45) is 56.7 Å². The van der Waals surface area contributed by atoms with E-state index in [1.165, 1.54) is 0 Å². The number of carbonyl (C=O) groups is 1. The number of rotatable bonds is 7. The molecule has 0 aromatic heterocycles. The van der Waals surface area contributed by atoms with E-state index >= 15 is 0 Å². The van der Waals surface area contributed by atoms with Crippen LogP contribution in [-0.2, 0) is 23.7 Å². The van der Waals surface area contributed by atoms with Crippen LogP contribution in [0.3, 0.4) is 0 Å². The van der Waals surface area contributed by atoms with Crippen LogP contribution in [0.2, 0.25) is 0 Å². The van der Waals surface area contributed by atoms with Crippen molar-refractivity contribution in [3.05, 3.63) is 12.2 Å². The van der Waals surface area contributed by atoms with Gasteiger partial charge >= 0.3 is 5.97 Å². The summed E-state index contributed by atoms with van der Waals surface area (Å²) < 4.78 is 23.2. The lowest BCUT2D eigenvalue weighted by atomic mass is 9.32. The Labute approximate surface area is 325 Å². The molecule has 13 nitrogen and oxygen atoms in total. The van der Waals surface area contributed by atoms with Gasteiger partial charge in [-0.3, -0.25) is 4.79 Å². The summed E-state index contributed by atoms with van der Waals surface area (Å²) in [5.41, 5.74) is 0.145. The van der Waals surface area contributed by atoms with Gasteiger partial charge in [-0.15, -0.1) is 0 Å². The maximum atomic E-state index is 14.8. The van der Waals surface area contributed by atoms with Crippen LogP contribution in [0.1, 0.15) is 106 Å². The van der Waals surface area contributed by atoms with Crippen molar-refractivity contribution in [3.8, 4) is 0 Å². The normalized spacial score (nSPS) is 54.7. The van der Waals surface area contributed by atoms with Crippen LogP contribution in [-0.4, -0.2) is 128 Å². The first-order valence-electron chi connectivity index (χ1n) is 20.9. The lowest BCUT2D eigenvalue weighted by Gasteiger charge is -2.72. The predicted molar refractivity (Wildman–Crippen MR) is 197 cm³/mol. The molecule has 20 atom stereocenters. The third kappa shape index (κ3) is 6.06. The minimum Gasteiger partial charge on any atom is -0.432 e. The van der Waals surface area contributed by atoms with Crippen molar-refractivity contribution in [2.75, 3.05) is 13.2 Å². The largest absolute Gasteiger partial charge is 0.432 e. The van der Waals surface area contributed by atoms with Crippen LogP contribution in [0, 0.1) is 56.7 Å². The topological polar surface area (TPSA) is 216 Å². The molecule has 0 amide bonds. The summed E-state index contributed by atoms with van der Waals surface area (Å²) in [6.07, 6.45) is -7.53. The second kappa shape index (κ2) is 14.5. The number of carbonyl (C=O) groups excluding carboxylic acids is 1. The van der Waals surface area contributed by atoms with Gasteiger partial charge in [0.25, 0.3) is 0 Å². The Hall–Kier alpha value is -1.23.